The second-order valence-corrected chi connectivity index (χ2v) is 5.74. The predicted octanol–water partition coefficient (Wildman–Crippen LogP) is 5.62. The van der Waals surface area contributed by atoms with E-state index in [4.69, 9.17) is 5.11 Å². The number of carbonyl (C=O) groups excluding carboxylic acids is 1. The number of carboxylic acids is 1. The molecule has 0 spiro atoms. The molecule has 3 heteroatoms. The monoisotopic (exact) mass is 320 g/mol. The van der Waals surface area contributed by atoms with E-state index in [1.54, 1.807) is 0 Å². The smallest absolute Gasteiger partial charge is 0.303 e. The van der Waals surface area contributed by atoms with Crippen molar-refractivity contribution in [3.63, 3.8) is 0 Å². The topological polar surface area (TPSA) is 54.4 Å². The SMILES string of the molecule is CCCCCCC=CC=CCC=CCCC(=O)CCCC(=O)O. The van der Waals surface area contributed by atoms with Crippen LogP contribution in [-0.2, 0) is 9.59 Å². The number of rotatable bonds is 15. The fourth-order valence-electron chi connectivity index (χ4n) is 2.12. The zero-order chi connectivity index (χ0) is 17.2. The fourth-order valence-corrected chi connectivity index (χ4v) is 2.12. The van der Waals surface area contributed by atoms with Gasteiger partial charge < -0.3 is 5.11 Å². The molecule has 0 radical (unpaired) electrons. The van der Waals surface area contributed by atoms with E-state index in [1.165, 1.54) is 25.7 Å². The molecule has 0 aromatic heterocycles. The fraction of sp³-hybridized carbons (Fsp3) is 0.600. The minimum absolute atomic E-state index is 0.0818. The van der Waals surface area contributed by atoms with Gasteiger partial charge in [-0.05, 0) is 32.1 Å². The first-order chi connectivity index (χ1) is 11.2. The maximum absolute atomic E-state index is 11.5. The largest absolute Gasteiger partial charge is 0.481 e. The number of ketones is 1. The van der Waals surface area contributed by atoms with Crippen LogP contribution in [0.3, 0.4) is 0 Å². The first kappa shape index (κ1) is 21.4. The minimum Gasteiger partial charge on any atom is -0.481 e. The Bertz CT molecular complexity index is 392. The van der Waals surface area contributed by atoms with Gasteiger partial charge in [-0.15, -0.1) is 0 Å². The van der Waals surface area contributed by atoms with Gasteiger partial charge in [0.2, 0.25) is 0 Å². The highest BCUT2D eigenvalue weighted by Gasteiger charge is 2.02. The molecule has 0 aliphatic heterocycles. The van der Waals surface area contributed by atoms with Crippen LogP contribution in [0.1, 0.15) is 77.6 Å². The molecule has 0 amide bonds. The summed E-state index contributed by atoms with van der Waals surface area (Å²) in [7, 11) is 0. The number of Topliss-reactive ketones (excluding diaryl/α,β-unsaturated/α-hetero) is 1. The van der Waals surface area contributed by atoms with E-state index in [0.29, 0.717) is 19.3 Å². The van der Waals surface area contributed by atoms with E-state index in [9.17, 15) is 9.59 Å². The van der Waals surface area contributed by atoms with Gasteiger partial charge in [0.05, 0.1) is 0 Å². The molecule has 0 saturated carbocycles. The molecule has 23 heavy (non-hydrogen) atoms. The summed E-state index contributed by atoms with van der Waals surface area (Å²) in [5, 5.41) is 8.49. The van der Waals surface area contributed by atoms with Gasteiger partial charge in [0.15, 0.2) is 0 Å². The van der Waals surface area contributed by atoms with E-state index < -0.39 is 5.97 Å². The van der Waals surface area contributed by atoms with E-state index in [-0.39, 0.29) is 12.2 Å². The third-order valence-corrected chi connectivity index (χ3v) is 3.48. The zero-order valence-electron chi connectivity index (χ0n) is 14.5. The number of carbonyl (C=O) groups is 2. The normalized spacial score (nSPS) is 11.9. The molecule has 0 rings (SSSR count). The molecule has 0 aliphatic carbocycles. The highest BCUT2D eigenvalue weighted by Crippen LogP contribution is 2.04. The summed E-state index contributed by atoms with van der Waals surface area (Å²) >= 11 is 0. The lowest BCUT2D eigenvalue weighted by atomic mass is 10.1. The van der Waals surface area contributed by atoms with E-state index in [1.807, 2.05) is 6.08 Å². The first-order valence-electron chi connectivity index (χ1n) is 8.87. The molecule has 0 fully saturated rings. The Kier molecular flexibility index (Phi) is 15.5. The molecular formula is C20H32O3. The van der Waals surface area contributed by atoms with Gasteiger partial charge in [-0.25, -0.2) is 0 Å². The summed E-state index contributed by atoms with van der Waals surface area (Å²) in [6.45, 7) is 2.22. The Morgan fingerprint density at radius 1 is 0.783 bits per heavy atom. The molecule has 0 atom stereocenters. The molecule has 0 saturated heterocycles. The van der Waals surface area contributed by atoms with Crippen LogP contribution in [0, 0.1) is 0 Å². The van der Waals surface area contributed by atoms with Crippen molar-refractivity contribution >= 4 is 11.8 Å². The molecule has 0 aromatic rings. The number of hydrogen-bond acceptors (Lipinski definition) is 2. The molecule has 0 aliphatic rings. The van der Waals surface area contributed by atoms with Crippen LogP contribution in [0.25, 0.3) is 0 Å². The van der Waals surface area contributed by atoms with Gasteiger partial charge in [-0.1, -0.05) is 62.6 Å². The Balaban J connectivity index is 3.48. The number of allylic oxidation sites excluding steroid dienone is 6. The van der Waals surface area contributed by atoms with Gasteiger partial charge in [-0.2, -0.15) is 0 Å². The number of hydrogen-bond donors (Lipinski definition) is 1. The van der Waals surface area contributed by atoms with Crippen LogP contribution in [0.5, 0.6) is 0 Å². The summed E-state index contributed by atoms with van der Waals surface area (Å²) in [5.41, 5.74) is 0. The van der Waals surface area contributed by atoms with Crippen LogP contribution < -0.4 is 0 Å². The molecule has 1 N–H and O–H groups in total. The van der Waals surface area contributed by atoms with Crippen molar-refractivity contribution in [1.29, 1.82) is 0 Å². The Hall–Kier alpha value is -1.64. The van der Waals surface area contributed by atoms with Crippen molar-refractivity contribution in [1.82, 2.24) is 0 Å². The Morgan fingerprint density at radius 3 is 2.30 bits per heavy atom. The van der Waals surface area contributed by atoms with Crippen molar-refractivity contribution in [2.24, 2.45) is 0 Å². The van der Waals surface area contributed by atoms with Crippen molar-refractivity contribution < 1.29 is 14.7 Å². The predicted molar refractivity (Wildman–Crippen MR) is 96.5 cm³/mol. The van der Waals surface area contributed by atoms with Crippen molar-refractivity contribution in [2.45, 2.75) is 77.6 Å². The quantitative estimate of drug-likeness (QED) is 0.242. The highest BCUT2D eigenvalue weighted by atomic mass is 16.4. The molecule has 0 aromatic carbocycles. The number of aliphatic carboxylic acids is 1. The van der Waals surface area contributed by atoms with Gasteiger partial charge in [-0.3, -0.25) is 9.59 Å². The van der Waals surface area contributed by atoms with Crippen LogP contribution >= 0.6 is 0 Å². The highest BCUT2D eigenvalue weighted by molar-refractivity contribution is 5.79. The molecule has 0 heterocycles. The first-order valence-corrected chi connectivity index (χ1v) is 8.87. The lowest BCUT2D eigenvalue weighted by Gasteiger charge is -1.96. The number of unbranched alkanes of at least 4 members (excludes halogenated alkanes) is 4. The zero-order valence-corrected chi connectivity index (χ0v) is 14.5. The summed E-state index contributed by atoms with van der Waals surface area (Å²) in [6, 6.07) is 0. The molecule has 130 valence electrons. The van der Waals surface area contributed by atoms with Crippen LogP contribution in [0.2, 0.25) is 0 Å². The molecule has 3 nitrogen and oxygen atoms in total. The average Bonchev–Trinajstić information content (AvgIpc) is 2.51. The third-order valence-electron chi connectivity index (χ3n) is 3.48. The standard InChI is InChI=1S/C20H32O3/c1-2-3-4-5-6-7-8-9-10-11-12-13-14-16-19(21)17-15-18-20(22)23/h7-10,12-13H,2-6,11,14-18H2,1H3,(H,22,23). The third kappa shape index (κ3) is 18.3. The second kappa shape index (κ2) is 16.7. The van der Waals surface area contributed by atoms with Crippen LogP contribution in [0.4, 0.5) is 0 Å². The molecule has 0 bridgehead atoms. The lowest BCUT2D eigenvalue weighted by molar-refractivity contribution is -0.137. The van der Waals surface area contributed by atoms with Crippen LogP contribution in [0.15, 0.2) is 36.5 Å². The van der Waals surface area contributed by atoms with E-state index >= 15 is 0 Å². The average molecular weight is 320 g/mol. The molecular weight excluding hydrogens is 288 g/mol. The molecule has 0 unspecified atom stereocenters. The van der Waals surface area contributed by atoms with E-state index in [2.05, 4.69) is 37.3 Å². The summed E-state index contributed by atoms with van der Waals surface area (Å²) in [4.78, 5) is 21.8. The summed E-state index contributed by atoms with van der Waals surface area (Å²) in [6.07, 6.45) is 22.0. The summed E-state index contributed by atoms with van der Waals surface area (Å²) in [5.74, 6) is -0.683. The minimum atomic E-state index is -0.834. The van der Waals surface area contributed by atoms with Crippen molar-refractivity contribution in [3.05, 3.63) is 36.5 Å². The maximum atomic E-state index is 11.5. The van der Waals surface area contributed by atoms with Gasteiger partial charge >= 0.3 is 5.97 Å². The van der Waals surface area contributed by atoms with Gasteiger partial charge in [0, 0.05) is 19.3 Å². The maximum Gasteiger partial charge on any atom is 0.303 e. The van der Waals surface area contributed by atoms with Crippen molar-refractivity contribution in [3.8, 4) is 0 Å². The Labute approximate surface area is 141 Å². The lowest BCUT2D eigenvalue weighted by Crippen LogP contribution is -2.00. The van der Waals surface area contributed by atoms with Crippen LogP contribution in [-0.4, -0.2) is 16.9 Å². The number of carboxylic acid groups (broad SMARTS) is 1. The van der Waals surface area contributed by atoms with E-state index in [0.717, 1.165) is 19.3 Å². The van der Waals surface area contributed by atoms with Gasteiger partial charge in [0.25, 0.3) is 0 Å². The summed E-state index contributed by atoms with van der Waals surface area (Å²) < 4.78 is 0. The van der Waals surface area contributed by atoms with Crippen molar-refractivity contribution in [2.75, 3.05) is 0 Å². The van der Waals surface area contributed by atoms with Gasteiger partial charge in [0.1, 0.15) is 5.78 Å². The second-order valence-electron chi connectivity index (χ2n) is 5.74. The Morgan fingerprint density at radius 2 is 1.57 bits per heavy atom.